The van der Waals surface area contributed by atoms with Gasteiger partial charge in [-0.2, -0.15) is 0 Å². The van der Waals surface area contributed by atoms with Gasteiger partial charge < -0.3 is 9.32 Å². The van der Waals surface area contributed by atoms with E-state index in [0.717, 1.165) is 5.56 Å². The van der Waals surface area contributed by atoms with Crippen LogP contribution in [0.15, 0.2) is 27.4 Å². The van der Waals surface area contributed by atoms with Crippen LogP contribution in [0.1, 0.15) is 12.0 Å². The molecule has 0 saturated carbocycles. The normalized spacial score (nSPS) is 20.0. The molecule has 2 aromatic rings. The summed E-state index contributed by atoms with van der Waals surface area (Å²) >= 11 is 0. The number of nitrogens with zero attached hydrogens (tertiary/aromatic N) is 2. The van der Waals surface area contributed by atoms with E-state index in [1.54, 1.807) is 32.3 Å². The van der Waals surface area contributed by atoms with E-state index in [1.807, 2.05) is 0 Å². The second-order valence-electron chi connectivity index (χ2n) is 5.97. The van der Waals surface area contributed by atoms with Crippen LogP contribution in [0, 0.1) is 0 Å². The Morgan fingerprint density at radius 2 is 2.17 bits per heavy atom. The van der Waals surface area contributed by atoms with Gasteiger partial charge in [0.25, 0.3) is 0 Å². The highest BCUT2D eigenvalue weighted by molar-refractivity contribution is 7.91. The number of hydrogen-bond donors (Lipinski definition) is 0. The van der Waals surface area contributed by atoms with Gasteiger partial charge in [0.05, 0.1) is 23.4 Å². The smallest absolute Gasteiger partial charge is 0.408 e. The molecule has 124 valence electrons. The molecule has 0 bridgehead atoms. The molecule has 1 aromatic heterocycles. The number of hydrogen-bond acceptors (Lipinski definition) is 5. The molecule has 1 fully saturated rings. The van der Waals surface area contributed by atoms with E-state index < -0.39 is 15.6 Å². The highest BCUT2D eigenvalue weighted by Crippen LogP contribution is 2.19. The van der Waals surface area contributed by atoms with Crippen molar-refractivity contribution >= 4 is 26.8 Å². The SMILES string of the molecule is CN(C(=O)Cc1ccc2oc(=O)n(C)c2c1)C1CCS(=O)(=O)C1. The number of benzene rings is 1. The molecule has 3 rings (SSSR count). The van der Waals surface area contributed by atoms with Crippen molar-refractivity contribution in [2.75, 3.05) is 18.6 Å². The number of aromatic nitrogens is 1. The maximum atomic E-state index is 12.4. The minimum atomic E-state index is -3.02. The summed E-state index contributed by atoms with van der Waals surface area (Å²) in [4.78, 5) is 25.4. The number of aryl methyl sites for hydroxylation is 1. The third-order valence-corrected chi connectivity index (χ3v) is 6.11. The van der Waals surface area contributed by atoms with Gasteiger partial charge in [-0.1, -0.05) is 6.07 Å². The Morgan fingerprint density at radius 1 is 1.43 bits per heavy atom. The first-order chi connectivity index (χ1) is 10.8. The maximum Gasteiger partial charge on any atom is 0.419 e. The van der Waals surface area contributed by atoms with Crippen LogP contribution in [0.5, 0.6) is 0 Å². The zero-order chi connectivity index (χ0) is 16.8. The lowest BCUT2D eigenvalue weighted by Gasteiger charge is -2.23. The first-order valence-corrected chi connectivity index (χ1v) is 9.13. The quantitative estimate of drug-likeness (QED) is 0.804. The molecule has 0 aliphatic carbocycles. The number of amides is 1. The summed E-state index contributed by atoms with van der Waals surface area (Å²) in [6.45, 7) is 0. The average molecular weight is 338 g/mol. The van der Waals surface area contributed by atoms with Crippen LogP contribution < -0.4 is 5.76 Å². The Bertz CT molecular complexity index is 925. The molecule has 1 atom stereocenters. The number of rotatable bonds is 3. The van der Waals surface area contributed by atoms with Gasteiger partial charge in [-0.15, -0.1) is 0 Å². The summed E-state index contributed by atoms with van der Waals surface area (Å²) in [5.41, 5.74) is 1.86. The van der Waals surface area contributed by atoms with Gasteiger partial charge in [0, 0.05) is 20.1 Å². The number of fused-ring (bicyclic) bond motifs is 1. The lowest BCUT2D eigenvalue weighted by Crippen LogP contribution is -2.38. The van der Waals surface area contributed by atoms with E-state index >= 15 is 0 Å². The summed E-state index contributed by atoms with van der Waals surface area (Å²) in [5.74, 6) is -0.417. The van der Waals surface area contributed by atoms with Gasteiger partial charge in [-0.05, 0) is 24.1 Å². The Hall–Kier alpha value is -2.09. The number of sulfone groups is 1. The number of oxazole rings is 1. The fourth-order valence-electron chi connectivity index (χ4n) is 2.87. The standard InChI is InChI=1S/C15H18N2O5S/c1-16(11-5-6-23(20,21)9-11)14(18)8-10-3-4-13-12(7-10)17(2)15(19)22-13/h3-4,7,11H,5-6,8-9H2,1-2H3. The Morgan fingerprint density at radius 3 is 2.83 bits per heavy atom. The van der Waals surface area contributed by atoms with Crippen LogP contribution in [-0.4, -0.2) is 48.4 Å². The van der Waals surface area contributed by atoms with Crippen LogP contribution in [0.4, 0.5) is 0 Å². The van der Waals surface area contributed by atoms with E-state index in [0.29, 0.717) is 17.5 Å². The summed E-state index contributed by atoms with van der Waals surface area (Å²) < 4.78 is 29.5. The Kier molecular flexibility index (Phi) is 3.79. The lowest BCUT2D eigenvalue weighted by atomic mass is 10.1. The van der Waals surface area contributed by atoms with Crippen molar-refractivity contribution in [2.45, 2.75) is 18.9 Å². The molecule has 0 radical (unpaired) electrons. The highest BCUT2D eigenvalue weighted by atomic mass is 32.2. The van der Waals surface area contributed by atoms with Crippen molar-refractivity contribution in [3.63, 3.8) is 0 Å². The van der Waals surface area contributed by atoms with E-state index in [1.165, 1.54) is 9.47 Å². The number of likely N-dealkylation sites (N-methyl/N-ethyl adjacent to an activating group) is 1. The Labute approximate surface area is 133 Å². The molecule has 7 nitrogen and oxygen atoms in total. The van der Waals surface area contributed by atoms with Crippen molar-refractivity contribution in [1.29, 1.82) is 0 Å². The van der Waals surface area contributed by atoms with Crippen molar-refractivity contribution in [2.24, 2.45) is 7.05 Å². The van der Waals surface area contributed by atoms with Gasteiger partial charge >= 0.3 is 5.76 Å². The number of carbonyl (C=O) groups excluding carboxylic acids is 1. The molecule has 1 saturated heterocycles. The molecule has 0 spiro atoms. The van der Waals surface area contributed by atoms with E-state index in [9.17, 15) is 18.0 Å². The van der Waals surface area contributed by atoms with E-state index in [-0.39, 0.29) is 29.9 Å². The fraction of sp³-hybridized carbons (Fsp3) is 0.467. The molecule has 1 amide bonds. The predicted molar refractivity (Wildman–Crippen MR) is 85.0 cm³/mol. The van der Waals surface area contributed by atoms with Crippen molar-refractivity contribution < 1.29 is 17.6 Å². The van der Waals surface area contributed by atoms with Gasteiger partial charge in [-0.25, -0.2) is 13.2 Å². The highest BCUT2D eigenvalue weighted by Gasteiger charge is 2.32. The summed E-state index contributed by atoms with van der Waals surface area (Å²) in [6, 6.07) is 4.90. The first-order valence-electron chi connectivity index (χ1n) is 7.31. The van der Waals surface area contributed by atoms with Gasteiger partial charge in [0.2, 0.25) is 5.91 Å². The minimum absolute atomic E-state index is 0.0322. The monoisotopic (exact) mass is 338 g/mol. The second kappa shape index (κ2) is 5.52. The van der Waals surface area contributed by atoms with Crippen LogP contribution in [0.25, 0.3) is 11.1 Å². The average Bonchev–Trinajstić information content (AvgIpc) is 2.99. The molecule has 1 aliphatic rings. The number of carbonyl (C=O) groups is 1. The molecule has 8 heteroatoms. The molecular weight excluding hydrogens is 320 g/mol. The third-order valence-electron chi connectivity index (χ3n) is 4.36. The third kappa shape index (κ3) is 3.03. The van der Waals surface area contributed by atoms with Crippen molar-refractivity contribution in [3.8, 4) is 0 Å². The second-order valence-corrected chi connectivity index (χ2v) is 8.20. The molecule has 23 heavy (non-hydrogen) atoms. The van der Waals surface area contributed by atoms with Crippen molar-refractivity contribution in [3.05, 3.63) is 34.3 Å². The summed E-state index contributed by atoms with van der Waals surface area (Å²) in [5, 5.41) is 0. The molecule has 1 unspecified atom stereocenters. The van der Waals surface area contributed by atoms with E-state index in [2.05, 4.69) is 0 Å². The Balaban J connectivity index is 1.77. The first kappa shape index (κ1) is 15.8. The van der Waals surface area contributed by atoms with Gasteiger partial charge in [0.15, 0.2) is 15.4 Å². The maximum absolute atomic E-state index is 12.4. The minimum Gasteiger partial charge on any atom is -0.408 e. The predicted octanol–water partition coefficient (Wildman–Crippen LogP) is 0.320. The van der Waals surface area contributed by atoms with Crippen LogP contribution in [-0.2, 0) is 28.1 Å². The molecular formula is C15H18N2O5S. The lowest BCUT2D eigenvalue weighted by molar-refractivity contribution is -0.130. The summed E-state index contributed by atoms with van der Waals surface area (Å²) in [7, 11) is 0.222. The largest absolute Gasteiger partial charge is 0.419 e. The van der Waals surface area contributed by atoms with Gasteiger partial charge in [0.1, 0.15) is 0 Å². The topological polar surface area (TPSA) is 89.6 Å². The zero-order valence-electron chi connectivity index (χ0n) is 13.0. The fourth-order valence-corrected chi connectivity index (χ4v) is 4.64. The molecule has 1 aliphatic heterocycles. The zero-order valence-corrected chi connectivity index (χ0v) is 13.8. The van der Waals surface area contributed by atoms with Crippen LogP contribution in [0.3, 0.4) is 0 Å². The molecule has 2 heterocycles. The van der Waals surface area contributed by atoms with Crippen LogP contribution in [0.2, 0.25) is 0 Å². The van der Waals surface area contributed by atoms with Crippen molar-refractivity contribution in [1.82, 2.24) is 9.47 Å². The van der Waals surface area contributed by atoms with Crippen LogP contribution >= 0.6 is 0 Å². The van der Waals surface area contributed by atoms with E-state index in [4.69, 9.17) is 4.42 Å². The van der Waals surface area contributed by atoms with Gasteiger partial charge in [-0.3, -0.25) is 9.36 Å². The molecule has 1 aromatic carbocycles. The molecule has 0 N–H and O–H groups in total. The summed E-state index contributed by atoms with van der Waals surface area (Å²) in [6.07, 6.45) is 0.641.